The number of halogens is 6. The molecule has 1 unspecified atom stereocenters. The Morgan fingerprint density at radius 2 is 1.88 bits per heavy atom. The van der Waals surface area contributed by atoms with E-state index in [1.165, 1.54) is 17.3 Å². The zero-order valence-corrected chi connectivity index (χ0v) is 17.6. The van der Waals surface area contributed by atoms with Crippen LogP contribution in [0.5, 0.6) is 0 Å². The third kappa shape index (κ3) is 4.62. The van der Waals surface area contributed by atoms with Gasteiger partial charge in [0.25, 0.3) is 18.2 Å². The van der Waals surface area contributed by atoms with Gasteiger partial charge in [0.2, 0.25) is 11.6 Å². The summed E-state index contributed by atoms with van der Waals surface area (Å²) < 4.78 is 80.2. The summed E-state index contributed by atoms with van der Waals surface area (Å²) >= 11 is 0. The second-order valence-corrected chi connectivity index (χ2v) is 7.94. The number of amides is 3. The van der Waals surface area contributed by atoms with Crippen molar-refractivity contribution in [1.82, 2.24) is 20.9 Å². The Balaban J connectivity index is 2.25. The SMILES string of the molecule is C[C@H](NC(=O)[C@@](F)(N(F)F)[C@](C)(F)C(F)F)C(=O)NC1=C2C=CCCC2CCN(C)C1=O. The number of nitrogens with one attached hydrogen (secondary N) is 2. The molecule has 1 heterocycles. The number of fused-ring (bicyclic) bond motifs is 1. The molecule has 0 aromatic rings. The monoisotopic (exact) mass is 470 g/mol. The summed E-state index contributed by atoms with van der Waals surface area (Å²) in [6.07, 6.45) is 1.35. The predicted octanol–water partition coefficient (Wildman–Crippen LogP) is 2.42. The number of allylic oxidation sites excluding steroid dienone is 3. The Labute approximate surface area is 180 Å². The van der Waals surface area contributed by atoms with Crippen LogP contribution in [0.3, 0.4) is 0 Å². The molecule has 0 saturated heterocycles. The van der Waals surface area contributed by atoms with Gasteiger partial charge < -0.3 is 15.5 Å². The zero-order valence-electron chi connectivity index (χ0n) is 17.6. The number of rotatable bonds is 7. The average Bonchev–Trinajstić information content (AvgIpc) is 2.84. The van der Waals surface area contributed by atoms with Crippen molar-refractivity contribution >= 4 is 17.7 Å². The number of carbonyl (C=O) groups excluding carboxylic acids is 3. The van der Waals surface area contributed by atoms with Gasteiger partial charge >= 0.3 is 5.79 Å². The molecule has 180 valence electrons. The lowest BCUT2D eigenvalue weighted by atomic mass is 9.86. The molecule has 0 aromatic heterocycles. The molecule has 0 fully saturated rings. The Morgan fingerprint density at radius 1 is 1.25 bits per heavy atom. The molecule has 2 aliphatic rings. The molecule has 7 nitrogen and oxygen atoms in total. The smallest absolute Gasteiger partial charge is 0.337 e. The molecule has 32 heavy (non-hydrogen) atoms. The Kier molecular flexibility index (Phi) is 7.63. The molecule has 3 amide bonds. The van der Waals surface area contributed by atoms with Gasteiger partial charge in [-0.3, -0.25) is 14.4 Å². The van der Waals surface area contributed by atoms with E-state index in [1.54, 1.807) is 6.08 Å². The van der Waals surface area contributed by atoms with E-state index < -0.39 is 47.0 Å². The van der Waals surface area contributed by atoms with Crippen molar-refractivity contribution in [3.63, 3.8) is 0 Å². The molecule has 2 rings (SSSR count). The van der Waals surface area contributed by atoms with Crippen molar-refractivity contribution < 1.29 is 40.9 Å². The Hall–Kier alpha value is -2.57. The fourth-order valence-corrected chi connectivity index (χ4v) is 3.48. The first kappa shape index (κ1) is 25.7. The molecule has 0 aromatic carbocycles. The molecule has 0 saturated carbocycles. The average molecular weight is 470 g/mol. The fourth-order valence-electron chi connectivity index (χ4n) is 3.48. The van der Waals surface area contributed by atoms with Gasteiger partial charge in [-0.05, 0) is 44.6 Å². The number of hydrogen-bond donors (Lipinski definition) is 2. The highest BCUT2D eigenvalue weighted by molar-refractivity contribution is 6.00. The summed E-state index contributed by atoms with van der Waals surface area (Å²) in [5.41, 5.74) is -4.14. The van der Waals surface area contributed by atoms with Crippen LogP contribution in [0.1, 0.15) is 33.1 Å². The molecular formula is C19H24F6N4O3. The first-order valence-electron chi connectivity index (χ1n) is 9.80. The number of alkyl halides is 4. The Morgan fingerprint density at radius 3 is 2.44 bits per heavy atom. The van der Waals surface area contributed by atoms with Gasteiger partial charge in [-0.25, -0.2) is 17.6 Å². The van der Waals surface area contributed by atoms with E-state index >= 15 is 0 Å². The first-order valence-corrected chi connectivity index (χ1v) is 9.80. The van der Waals surface area contributed by atoms with Gasteiger partial charge in [-0.2, -0.15) is 0 Å². The van der Waals surface area contributed by atoms with Gasteiger partial charge in [0.05, 0.1) is 5.34 Å². The van der Waals surface area contributed by atoms with Gasteiger partial charge in [0, 0.05) is 13.6 Å². The largest absolute Gasteiger partial charge is 0.340 e. The van der Waals surface area contributed by atoms with Crippen molar-refractivity contribution in [2.24, 2.45) is 5.92 Å². The molecule has 0 spiro atoms. The minimum Gasteiger partial charge on any atom is -0.340 e. The van der Waals surface area contributed by atoms with Crippen LogP contribution < -0.4 is 10.6 Å². The standard InChI is InChI=1S/C19H24F6N4O3/c1-10(26-17(32)19(23,29(24)25)18(2,22)16(20)21)14(30)27-13-12-7-5-4-6-11(12)8-9-28(3)15(13)31/h5,7,10-11,16H,4,6,8-9H2,1-3H3,(H,26,32)(H,27,30)/t10-,11?,18+,19+/m0/s1. The van der Waals surface area contributed by atoms with E-state index in [0.29, 0.717) is 18.5 Å². The lowest BCUT2D eigenvalue weighted by molar-refractivity contribution is -0.318. The fraction of sp³-hybridized carbons (Fsp3) is 0.632. The summed E-state index contributed by atoms with van der Waals surface area (Å²) in [6, 6.07) is -1.77. The molecule has 0 bridgehead atoms. The van der Waals surface area contributed by atoms with Crippen LogP contribution in [0.4, 0.5) is 26.5 Å². The van der Waals surface area contributed by atoms with Crippen LogP contribution in [0.25, 0.3) is 0 Å². The van der Waals surface area contributed by atoms with Crippen LogP contribution >= 0.6 is 0 Å². The summed E-state index contributed by atoms with van der Waals surface area (Å²) in [6.45, 7) is 1.16. The van der Waals surface area contributed by atoms with E-state index in [2.05, 4.69) is 5.32 Å². The van der Waals surface area contributed by atoms with Crippen LogP contribution in [-0.4, -0.2) is 65.5 Å². The van der Waals surface area contributed by atoms with Gasteiger partial charge in [-0.1, -0.05) is 21.1 Å². The quantitative estimate of drug-likeness (QED) is 0.340. The summed E-state index contributed by atoms with van der Waals surface area (Å²) in [5, 5.41) is 1.18. The highest BCUT2D eigenvalue weighted by Gasteiger charge is 2.67. The topological polar surface area (TPSA) is 81.8 Å². The van der Waals surface area contributed by atoms with E-state index in [1.807, 2.05) is 6.08 Å². The maximum absolute atomic E-state index is 14.5. The van der Waals surface area contributed by atoms with Crippen LogP contribution in [0, 0.1) is 5.92 Å². The maximum Gasteiger partial charge on any atom is 0.337 e. The normalized spacial score (nSPS) is 23.9. The molecule has 4 atom stereocenters. The van der Waals surface area contributed by atoms with Crippen LogP contribution in [0.15, 0.2) is 23.4 Å². The number of carbonyl (C=O) groups is 3. The molecule has 13 heteroatoms. The molecular weight excluding hydrogens is 446 g/mol. The number of hydrogen-bond acceptors (Lipinski definition) is 4. The van der Waals surface area contributed by atoms with Crippen LogP contribution in [0.2, 0.25) is 0 Å². The minimum absolute atomic E-state index is 0.0301. The lowest BCUT2D eigenvalue weighted by Gasteiger charge is -2.34. The van der Waals surface area contributed by atoms with E-state index in [9.17, 15) is 40.9 Å². The second kappa shape index (κ2) is 9.51. The van der Waals surface area contributed by atoms with Crippen molar-refractivity contribution in [2.75, 3.05) is 13.6 Å². The predicted molar refractivity (Wildman–Crippen MR) is 100 cm³/mol. The third-order valence-electron chi connectivity index (χ3n) is 5.66. The Bertz CT molecular complexity index is 832. The zero-order chi connectivity index (χ0) is 24.4. The van der Waals surface area contributed by atoms with Crippen LogP contribution in [-0.2, 0) is 14.4 Å². The van der Waals surface area contributed by atoms with Crippen molar-refractivity contribution in [3.8, 4) is 0 Å². The highest BCUT2D eigenvalue weighted by Crippen LogP contribution is 2.40. The number of nitrogens with zero attached hydrogens (tertiary/aromatic N) is 2. The number of likely N-dealkylation sites (N-methyl/N-ethyl adjacent to an activating group) is 1. The third-order valence-corrected chi connectivity index (χ3v) is 5.66. The van der Waals surface area contributed by atoms with E-state index in [4.69, 9.17) is 0 Å². The molecule has 1 aliphatic heterocycles. The summed E-state index contributed by atoms with van der Waals surface area (Å²) in [7, 11) is 1.52. The van der Waals surface area contributed by atoms with Gasteiger partial charge in [0.1, 0.15) is 11.7 Å². The summed E-state index contributed by atoms with van der Waals surface area (Å²) in [5.74, 6) is -9.22. The maximum atomic E-state index is 14.5. The first-order chi connectivity index (χ1) is 14.7. The van der Waals surface area contributed by atoms with Crippen molar-refractivity contribution in [3.05, 3.63) is 23.4 Å². The second-order valence-electron chi connectivity index (χ2n) is 7.94. The van der Waals surface area contributed by atoms with E-state index in [0.717, 1.165) is 19.8 Å². The van der Waals surface area contributed by atoms with Gasteiger partial charge in [0.15, 0.2) is 0 Å². The molecule has 2 N–H and O–H groups in total. The van der Waals surface area contributed by atoms with Crippen molar-refractivity contribution in [1.29, 1.82) is 0 Å². The lowest BCUT2D eigenvalue weighted by Crippen LogP contribution is -2.66. The molecule has 1 aliphatic carbocycles. The van der Waals surface area contributed by atoms with E-state index in [-0.39, 0.29) is 18.5 Å². The van der Waals surface area contributed by atoms with Crippen molar-refractivity contribution in [2.45, 2.75) is 57.0 Å². The van der Waals surface area contributed by atoms with Gasteiger partial charge in [-0.15, -0.1) is 0 Å². The molecule has 0 radical (unpaired) electrons. The minimum atomic E-state index is -5.08. The summed E-state index contributed by atoms with van der Waals surface area (Å²) in [4.78, 5) is 38.6. The highest BCUT2D eigenvalue weighted by atomic mass is 19.4.